The van der Waals surface area contributed by atoms with Gasteiger partial charge in [0.1, 0.15) is 11.8 Å². The number of nitrogens with zero attached hydrogens (tertiary/aromatic N) is 3. The molecular weight excluding hydrogens is 526 g/mol. The normalized spacial score (nSPS) is 17.7. The van der Waals surface area contributed by atoms with Gasteiger partial charge < -0.3 is 19.1 Å². The number of ether oxygens (including phenoxy) is 3. The van der Waals surface area contributed by atoms with Crippen molar-refractivity contribution in [2.75, 3.05) is 39.5 Å². The molecule has 0 saturated carbocycles. The Morgan fingerprint density at radius 1 is 1.18 bits per heavy atom. The van der Waals surface area contributed by atoms with Crippen molar-refractivity contribution in [2.24, 2.45) is 4.99 Å². The van der Waals surface area contributed by atoms with Crippen LogP contribution in [0.25, 0.3) is 6.08 Å². The predicted octanol–water partition coefficient (Wildman–Crippen LogP) is 2.10. The average Bonchev–Trinajstić information content (AvgIpc) is 3.56. The molecule has 0 aliphatic carbocycles. The van der Waals surface area contributed by atoms with Crippen LogP contribution < -0.4 is 19.6 Å². The van der Waals surface area contributed by atoms with E-state index in [4.69, 9.17) is 14.2 Å². The molecule has 1 aromatic carbocycles. The highest BCUT2D eigenvalue weighted by Crippen LogP contribution is 2.33. The van der Waals surface area contributed by atoms with Crippen molar-refractivity contribution in [2.45, 2.75) is 19.9 Å². The Labute approximate surface area is 226 Å². The number of allylic oxidation sites excluding steroid dienone is 1. The van der Waals surface area contributed by atoms with Gasteiger partial charge in [-0.1, -0.05) is 29.5 Å². The maximum absolute atomic E-state index is 13.6. The Bertz CT molecular complexity index is 1530. The SMILES string of the molecule is CCOC(=O)C1=C(C)N=c2s/c(=C/c3ccc(OCC(=O)N4CCOCC4)cc3)c(=O)n2[C@@H]1c1cccs1. The first kappa shape index (κ1) is 26.1. The van der Waals surface area contributed by atoms with E-state index >= 15 is 0 Å². The van der Waals surface area contributed by atoms with Crippen molar-refractivity contribution in [3.63, 3.8) is 0 Å². The molecule has 4 heterocycles. The van der Waals surface area contributed by atoms with Crippen LogP contribution in [0.5, 0.6) is 5.75 Å². The van der Waals surface area contributed by atoms with Crippen molar-refractivity contribution in [1.82, 2.24) is 9.47 Å². The molecule has 5 rings (SSSR count). The zero-order valence-corrected chi connectivity index (χ0v) is 22.7. The summed E-state index contributed by atoms with van der Waals surface area (Å²) in [6.45, 7) is 5.96. The molecule has 198 valence electrons. The minimum atomic E-state index is -0.591. The predicted molar refractivity (Wildman–Crippen MR) is 144 cm³/mol. The van der Waals surface area contributed by atoms with Crippen molar-refractivity contribution < 1.29 is 23.8 Å². The number of hydrogen-bond donors (Lipinski definition) is 0. The van der Waals surface area contributed by atoms with Crippen molar-refractivity contribution >= 4 is 40.6 Å². The number of thiophene rings is 1. The molecule has 1 amide bonds. The summed E-state index contributed by atoms with van der Waals surface area (Å²) in [5, 5.41) is 1.92. The summed E-state index contributed by atoms with van der Waals surface area (Å²) >= 11 is 2.76. The summed E-state index contributed by atoms with van der Waals surface area (Å²) < 4.78 is 18.3. The van der Waals surface area contributed by atoms with Gasteiger partial charge in [-0.25, -0.2) is 9.79 Å². The Morgan fingerprint density at radius 3 is 2.63 bits per heavy atom. The molecule has 0 bridgehead atoms. The fourth-order valence-electron chi connectivity index (χ4n) is 4.37. The number of thiazole rings is 1. The van der Waals surface area contributed by atoms with Crippen molar-refractivity contribution in [3.8, 4) is 5.75 Å². The van der Waals surface area contributed by atoms with Gasteiger partial charge in [0.15, 0.2) is 11.4 Å². The standard InChI is InChI=1S/C27H27N3O6S2/c1-3-35-26(33)23-17(2)28-27-30(24(23)20-5-4-14-37-20)25(32)21(38-27)15-18-6-8-19(9-7-18)36-16-22(31)29-10-12-34-13-11-29/h4-9,14-15,24H,3,10-13,16H2,1-2H3/b21-15+/t24-/m1/s1. The first-order valence-electron chi connectivity index (χ1n) is 12.3. The summed E-state index contributed by atoms with van der Waals surface area (Å²) in [5.74, 6) is 0.0259. The summed E-state index contributed by atoms with van der Waals surface area (Å²) in [5.41, 5.74) is 1.50. The zero-order chi connectivity index (χ0) is 26.6. The van der Waals surface area contributed by atoms with Crippen LogP contribution >= 0.6 is 22.7 Å². The topological polar surface area (TPSA) is 99.4 Å². The molecule has 11 heteroatoms. The van der Waals surface area contributed by atoms with Crippen LogP contribution in [0, 0.1) is 0 Å². The van der Waals surface area contributed by atoms with E-state index in [0.29, 0.717) is 52.7 Å². The largest absolute Gasteiger partial charge is 0.484 e. The number of carbonyl (C=O) groups excluding carboxylic acids is 2. The summed E-state index contributed by atoms with van der Waals surface area (Å²) in [6.07, 6.45) is 1.79. The molecule has 0 radical (unpaired) electrons. The second kappa shape index (κ2) is 11.5. The van der Waals surface area contributed by atoms with E-state index in [1.165, 1.54) is 22.7 Å². The highest BCUT2D eigenvalue weighted by atomic mass is 32.1. The van der Waals surface area contributed by atoms with Crippen molar-refractivity contribution in [1.29, 1.82) is 0 Å². The third kappa shape index (κ3) is 5.35. The number of fused-ring (bicyclic) bond motifs is 1. The van der Waals surface area contributed by atoms with Gasteiger partial charge >= 0.3 is 5.97 Å². The molecule has 3 aromatic rings. The lowest BCUT2D eigenvalue weighted by Gasteiger charge is -2.26. The number of hydrogen-bond acceptors (Lipinski definition) is 9. The van der Waals surface area contributed by atoms with E-state index in [1.54, 1.807) is 41.5 Å². The number of carbonyl (C=O) groups is 2. The second-order valence-corrected chi connectivity index (χ2v) is 10.7. The van der Waals surface area contributed by atoms with Gasteiger partial charge in [-0.15, -0.1) is 11.3 Å². The Hall–Kier alpha value is -3.54. The number of esters is 1. The molecule has 1 saturated heterocycles. The molecule has 38 heavy (non-hydrogen) atoms. The maximum atomic E-state index is 13.6. The van der Waals surface area contributed by atoms with E-state index < -0.39 is 12.0 Å². The first-order valence-corrected chi connectivity index (χ1v) is 14.0. The smallest absolute Gasteiger partial charge is 0.338 e. The zero-order valence-electron chi connectivity index (χ0n) is 21.0. The second-order valence-electron chi connectivity index (χ2n) is 8.67. The molecule has 2 aliphatic rings. The van der Waals surface area contributed by atoms with Gasteiger partial charge in [0.25, 0.3) is 11.5 Å². The monoisotopic (exact) mass is 553 g/mol. The van der Waals surface area contributed by atoms with Gasteiger partial charge in [0.05, 0.1) is 35.6 Å². The average molecular weight is 554 g/mol. The van der Waals surface area contributed by atoms with Crippen LogP contribution in [0.2, 0.25) is 0 Å². The van der Waals surface area contributed by atoms with Gasteiger partial charge in [-0.05, 0) is 49.1 Å². The molecule has 1 atom stereocenters. The number of rotatable bonds is 7. The third-order valence-corrected chi connectivity index (χ3v) is 8.14. The number of benzene rings is 1. The number of aromatic nitrogens is 1. The van der Waals surface area contributed by atoms with E-state index in [0.717, 1.165) is 10.4 Å². The van der Waals surface area contributed by atoms with E-state index in [-0.39, 0.29) is 24.7 Å². The highest BCUT2D eigenvalue weighted by molar-refractivity contribution is 7.10. The molecule has 0 spiro atoms. The quantitative estimate of drug-likeness (QED) is 0.416. The number of amides is 1. The van der Waals surface area contributed by atoms with E-state index in [9.17, 15) is 14.4 Å². The minimum absolute atomic E-state index is 0.0389. The minimum Gasteiger partial charge on any atom is -0.484 e. The lowest BCUT2D eigenvalue weighted by atomic mass is 10.0. The van der Waals surface area contributed by atoms with Crippen LogP contribution in [-0.2, 0) is 19.1 Å². The van der Waals surface area contributed by atoms with Crippen LogP contribution in [0.3, 0.4) is 0 Å². The van der Waals surface area contributed by atoms with E-state index in [1.807, 2.05) is 29.6 Å². The van der Waals surface area contributed by atoms with Crippen LogP contribution in [0.4, 0.5) is 0 Å². The van der Waals surface area contributed by atoms with Gasteiger partial charge in [-0.2, -0.15) is 0 Å². The maximum Gasteiger partial charge on any atom is 0.338 e. The third-order valence-electron chi connectivity index (χ3n) is 6.23. The van der Waals surface area contributed by atoms with Crippen molar-refractivity contribution in [3.05, 3.63) is 83.2 Å². The Morgan fingerprint density at radius 2 is 1.95 bits per heavy atom. The summed E-state index contributed by atoms with van der Waals surface area (Å²) in [4.78, 5) is 46.5. The lowest BCUT2D eigenvalue weighted by Crippen LogP contribution is -2.42. The van der Waals surface area contributed by atoms with Crippen LogP contribution in [-0.4, -0.2) is 60.9 Å². The van der Waals surface area contributed by atoms with Crippen LogP contribution in [0.15, 0.2) is 62.8 Å². The Kier molecular flexibility index (Phi) is 7.87. The van der Waals surface area contributed by atoms with Gasteiger partial charge in [-0.3, -0.25) is 14.2 Å². The van der Waals surface area contributed by atoms with Gasteiger partial charge in [0.2, 0.25) is 0 Å². The van der Waals surface area contributed by atoms with E-state index in [2.05, 4.69) is 4.99 Å². The molecule has 0 N–H and O–H groups in total. The van der Waals surface area contributed by atoms with Crippen LogP contribution in [0.1, 0.15) is 30.3 Å². The molecule has 1 fully saturated rings. The first-order chi connectivity index (χ1) is 18.5. The highest BCUT2D eigenvalue weighted by Gasteiger charge is 2.33. The fourth-order valence-corrected chi connectivity index (χ4v) is 6.24. The molecule has 2 aromatic heterocycles. The fraction of sp³-hybridized carbons (Fsp3) is 0.333. The molecular formula is C27H27N3O6S2. The molecule has 9 nitrogen and oxygen atoms in total. The summed E-state index contributed by atoms with van der Waals surface area (Å²) in [6, 6.07) is 10.4. The lowest BCUT2D eigenvalue weighted by molar-refractivity contribution is -0.139. The summed E-state index contributed by atoms with van der Waals surface area (Å²) in [7, 11) is 0. The molecule has 0 unspecified atom stereocenters. The van der Waals surface area contributed by atoms with Gasteiger partial charge in [0, 0.05) is 18.0 Å². The molecule has 2 aliphatic heterocycles. The Balaban J connectivity index is 1.40. The number of morpholine rings is 1.